The normalized spacial score (nSPS) is 3.50. The van der Waals surface area contributed by atoms with Gasteiger partial charge in [-0.05, 0) is 0 Å². The Bertz CT molecular complexity index is 15.5. The summed E-state index contributed by atoms with van der Waals surface area (Å²) in [7, 11) is 0. The molecule has 0 atom stereocenters. The zero-order chi connectivity index (χ0) is 2.71. The summed E-state index contributed by atoms with van der Waals surface area (Å²) in [5, 5.41) is 0. The summed E-state index contributed by atoms with van der Waals surface area (Å²) in [5.41, 5.74) is 0. The molecule has 0 aromatic carbocycles. The summed E-state index contributed by atoms with van der Waals surface area (Å²) in [6.45, 7) is 0. The van der Waals surface area contributed by atoms with Crippen molar-refractivity contribution in [2.75, 3.05) is 0 Å². The third-order valence-electron chi connectivity index (χ3n) is 0. The van der Waals surface area contributed by atoms with E-state index < -0.39 is 13.0 Å². The van der Waals surface area contributed by atoms with E-state index in [2.05, 4.69) is 0 Å². The van der Waals surface area contributed by atoms with Crippen LogP contribution in [0.5, 0.6) is 0 Å². The van der Waals surface area contributed by atoms with Gasteiger partial charge in [0.2, 0.25) is 0 Å². The molecule has 0 aromatic rings. The number of hydrogen-bond donors (Lipinski definition) is 0. The molecule has 0 unspecified atom stereocenters. The molecule has 1 nitrogen and oxygen atoms in total. The van der Waals surface area contributed by atoms with E-state index in [9.17, 15) is 0 Å². The molecule has 0 bridgehead atoms. The molecule has 4 heteroatoms. The van der Waals surface area contributed by atoms with Gasteiger partial charge in [-0.3, -0.25) is 0 Å². The Morgan fingerprint density at radius 1 is 1.75 bits per heavy atom. The first-order valence-corrected chi connectivity index (χ1v) is 12.2. The maximum atomic E-state index is 9.14. The van der Waals surface area contributed by atoms with E-state index in [1.54, 1.807) is 0 Å². The van der Waals surface area contributed by atoms with Crippen LogP contribution in [-0.4, -0.2) is 42.6 Å². The van der Waals surface area contributed by atoms with Crippen molar-refractivity contribution in [1.82, 2.24) is 0 Å². The van der Waals surface area contributed by atoms with Crippen molar-refractivity contribution >= 4 is 42.6 Å². The van der Waals surface area contributed by atoms with E-state index in [0.29, 0.717) is 0 Å². The SMILES string of the molecule is [NaH].[O]=[GeH][Zn]. The Balaban J connectivity index is 0. The Morgan fingerprint density at radius 3 is 1.75 bits per heavy atom. The maximum absolute atomic E-state index is 9.14. The van der Waals surface area contributed by atoms with Gasteiger partial charge >= 0.3 is 62.6 Å². The van der Waals surface area contributed by atoms with Crippen molar-refractivity contribution in [2.45, 2.75) is 0 Å². The van der Waals surface area contributed by atoms with Crippen molar-refractivity contribution in [3.05, 3.63) is 0 Å². The average Bonchev–Trinajstić information content (AvgIpc) is 0.918. The molecule has 0 fully saturated rings. The summed E-state index contributed by atoms with van der Waals surface area (Å²) in [5.74, 6) is 0. The first kappa shape index (κ1) is 9.35. The van der Waals surface area contributed by atoms with Crippen LogP contribution in [-0.2, 0) is 20.0 Å². The minimum absolute atomic E-state index is 0. The van der Waals surface area contributed by atoms with Crippen molar-refractivity contribution in [3.8, 4) is 0 Å². The first-order valence-electron chi connectivity index (χ1n) is 0.644. The molecule has 15 valence electrons. The predicted octanol–water partition coefficient (Wildman–Crippen LogP) is -1.42. The van der Waals surface area contributed by atoms with Gasteiger partial charge in [-0.25, -0.2) is 0 Å². The van der Waals surface area contributed by atoms with Crippen LogP contribution >= 0.6 is 0 Å². The second-order valence-electron chi connectivity index (χ2n) is 0.167. The van der Waals surface area contributed by atoms with Crippen LogP contribution in [0, 0.1) is 0 Å². The average molecular weight is 179 g/mol. The summed E-state index contributed by atoms with van der Waals surface area (Å²) in [6, 6.07) is 0. The number of hydrogen-bond acceptors (Lipinski definition) is 1. The molecular formula is H2GeNaOZn. The van der Waals surface area contributed by atoms with E-state index in [1.165, 1.54) is 0 Å². The molecular weight excluding hydrogens is 177 g/mol. The van der Waals surface area contributed by atoms with Crippen LogP contribution in [0.3, 0.4) is 0 Å². The topological polar surface area (TPSA) is 17.1 Å². The Labute approximate surface area is 61.7 Å². The first-order chi connectivity index (χ1) is 1.41. The van der Waals surface area contributed by atoms with Crippen molar-refractivity contribution < 1.29 is 20.0 Å². The molecule has 0 radical (unpaired) electrons. The minimum atomic E-state index is -0.812. The second kappa shape index (κ2) is 8.88. The predicted molar refractivity (Wildman–Crippen MR) is 15.0 cm³/mol. The zero-order valence-electron chi connectivity index (χ0n) is 1.69. The van der Waals surface area contributed by atoms with E-state index in [0.717, 1.165) is 16.2 Å². The zero-order valence-corrected chi connectivity index (χ0v) is 7.08. The van der Waals surface area contributed by atoms with E-state index in [1.807, 2.05) is 0 Å². The van der Waals surface area contributed by atoms with Gasteiger partial charge in [-0.2, -0.15) is 0 Å². The van der Waals surface area contributed by atoms with Gasteiger partial charge in [0.05, 0.1) is 0 Å². The van der Waals surface area contributed by atoms with Crippen LogP contribution < -0.4 is 0 Å². The fourth-order valence-corrected chi connectivity index (χ4v) is 0. The van der Waals surface area contributed by atoms with Crippen molar-refractivity contribution in [3.63, 3.8) is 0 Å². The Kier molecular flexibility index (Phi) is 20.8. The molecule has 4 heavy (non-hydrogen) atoms. The van der Waals surface area contributed by atoms with Gasteiger partial charge in [-0.15, -0.1) is 0 Å². The molecule has 0 spiro atoms. The van der Waals surface area contributed by atoms with Crippen LogP contribution in [0.2, 0.25) is 0 Å². The monoisotopic (exact) mass is 179 g/mol. The molecule has 0 heterocycles. The summed E-state index contributed by atoms with van der Waals surface area (Å²) in [4.78, 5) is 0. The fourth-order valence-electron chi connectivity index (χ4n) is 0. The number of rotatable bonds is 0. The van der Waals surface area contributed by atoms with Crippen molar-refractivity contribution in [1.29, 1.82) is 0 Å². The summed E-state index contributed by atoms with van der Waals surface area (Å²) in [6.07, 6.45) is 0. The molecule has 0 N–H and O–H groups in total. The fraction of sp³-hybridized carbons (Fsp3) is 0. The van der Waals surface area contributed by atoms with Gasteiger partial charge in [-0.1, -0.05) is 0 Å². The van der Waals surface area contributed by atoms with Gasteiger partial charge in [0.1, 0.15) is 0 Å². The molecule has 0 aliphatic carbocycles. The molecule has 0 saturated carbocycles. The summed E-state index contributed by atoms with van der Waals surface area (Å²) < 4.78 is 9.14. The molecule has 0 aliphatic heterocycles. The molecule has 0 saturated heterocycles. The molecule has 0 aliphatic rings. The molecule has 0 rings (SSSR count). The molecule has 0 aromatic heterocycles. The standard InChI is InChI=1S/GeHO.Na.Zn.H/c1-2;;;/h1H;;;. The van der Waals surface area contributed by atoms with Crippen LogP contribution in [0.1, 0.15) is 0 Å². The van der Waals surface area contributed by atoms with Crippen LogP contribution in [0.4, 0.5) is 0 Å². The Morgan fingerprint density at radius 2 is 1.75 bits per heavy atom. The third-order valence-corrected chi connectivity index (χ3v) is 0. The van der Waals surface area contributed by atoms with Crippen LogP contribution in [0.25, 0.3) is 0 Å². The van der Waals surface area contributed by atoms with Crippen LogP contribution in [0.15, 0.2) is 0 Å². The van der Waals surface area contributed by atoms with Crippen molar-refractivity contribution in [2.24, 2.45) is 0 Å². The summed E-state index contributed by atoms with van der Waals surface area (Å²) >= 11 is 0.233. The Hall–Kier alpha value is 1.97. The molecule has 0 amide bonds. The van der Waals surface area contributed by atoms with E-state index in [-0.39, 0.29) is 29.6 Å². The van der Waals surface area contributed by atoms with E-state index in [4.69, 9.17) is 3.78 Å². The van der Waals surface area contributed by atoms with Gasteiger partial charge < -0.3 is 0 Å². The van der Waals surface area contributed by atoms with E-state index >= 15 is 0 Å². The van der Waals surface area contributed by atoms with Gasteiger partial charge in [0, 0.05) is 0 Å². The quantitative estimate of drug-likeness (QED) is 0.417. The second-order valence-corrected chi connectivity index (χ2v) is 4.50. The van der Waals surface area contributed by atoms with Gasteiger partial charge in [0.15, 0.2) is 0 Å². The third kappa shape index (κ3) is 9.03. The van der Waals surface area contributed by atoms with Gasteiger partial charge in [0.25, 0.3) is 0 Å².